The maximum Gasteiger partial charge on any atom is 0.236 e. The molecule has 0 aromatic rings. The van der Waals surface area contributed by atoms with E-state index in [9.17, 15) is 4.79 Å². The molecule has 0 rings (SSSR count). The predicted octanol–water partition coefficient (Wildman–Crippen LogP) is 2.81. The van der Waals surface area contributed by atoms with Crippen molar-refractivity contribution in [2.45, 2.75) is 44.9 Å². The number of carbonyl (C=O) groups excluding carboxylic acids is 1. The van der Waals surface area contributed by atoms with Gasteiger partial charge in [0.15, 0.2) is 0 Å². The minimum absolute atomic E-state index is 0.00399. The molecular weight excluding hydrogens is 230 g/mol. The lowest BCUT2D eigenvalue weighted by molar-refractivity contribution is -0.130. The zero-order chi connectivity index (χ0) is 10.3. The number of carbonyl (C=O) groups is 1. The standard InChI is InChI=1S/C10H20BrNO/c1-4-7-8-12(6-3)10(13)9(11)5-2/h9H,4-8H2,1-3H3. The van der Waals surface area contributed by atoms with Crippen LogP contribution in [0.25, 0.3) is 0 Å². The molecule has 1 atom stereocenters. The second-order valence-electron chi connectivity index (χ2n) is 3.15. The van der Waals surface area contributed by atoms with Gasteiger partial charge in [0.05, 0.1) is 4.83 Å². The van der Waals surface area contributed by atoms with Crippen molar-refractivity contribution < 1.29 is 4.79 Å². The quantitative estimate of drug-likeness (QED) is 0.664. The van der Waals surface area contributed by atoms with Crippen LogP contribution >= 0.6 is 15.9 Å². The Bertz CT molecular complexity index is 150. The average Bonchev–Trinajstić information content (AvgIpc) is 2.17. The third-order valence-electron chi connectivity index (χ3n) is 2.10. The fraction of sp³-hybridized carbons (Fsp3) is 0.900. The van der Waals surface area contributed by atoms with Crippen molar-refractivity contribution in [1.82, 2.24) is 4.90 Å². The van der Waals surface area contributed by atoms with Crippen LogP contribution in [0, 0.1) is 0 Å². The van der Waals surface area contributed by atoms with Crippen LogP contribution in [0.1, 0.15) is 40.0 Å². The largest absolute Gasteiger partial charge is 0.342 e. The summed E-state index contributed by atoms with van der Waals surface area (Å²) in [7, 11) is 0. The second-order valence-corrected chi connectivity index (χ2v) is 4.25. The van der Waals surface area contributed by atoms with Gasteiger partial charge in [-0.1, -0.05) is 36.2 Å². The number of unbranched alkanes of at least 4 members (excludes halogenated alkanes) is 1. The van der Waals surface area contributed by atoms with Gasteiger partial charge in [0.25, 0.3) is 0 Å². The fourth-order valence-corrected chi connectivity index (χ4v) is 1.44. The molecule has 0 aromatic heterocycles. The van der Waals surface area contributed by atoms with Gasteiger partial charge in [-0.15, -0.1) is 0 Å². The number of alkyl halides is 1. The van der Waals surface area contributed by atoms with Gasteiger partial charge in [-0.3, -0.25) is 4.79 Å². The summed E-state index contributed by atoms with van der Waals surface area (Å²) in [6.07, 6.45) is 3.10. The molecule has 0 aliphatic heterocycles. The van der Waals surface area contributed by atoms with Crippen LogP contribution in [0.4, 0.5) is 0 Å². The Kier molecular flexibility index (Phi) is 7.33. The number of halogens is 1. The van der Waals surface area contributed by atoms with Gasteiger partial charge >= 0.3 is 0 Å². The lowest BCUT2D eigenvalue weighted by Crippen LogP contribution is -2.36. The summed E-state index contributed by atoms with van der Waals surface area (Å²) in [4.78, 5) is 13.6. The van der Waals surface area contributed by atoms with Gasteiger partial charge in [-0.05, 0) is 19.8 Å². The van der Waals surface area contributed by atoms with Crippen molar-refractivity contribution in [3.8, 4) is 0 Å². The molecule has 0 saturated heterocycles. The van der Waals surface area contributed by atoms with Crippen LogP contribution in [0.5, 0.6) is 0 Å². The van der Waals surface area contributed by atoms with Gasteiger partial charge in [0, 0.05) is 13.1 Å². The number of hydrogen-bond donors (Lipinski definition) is 0. The highest BCUT2D eigenvalue weighted by Crippen LogP contribution is 2.09. The Morgan fingerprint density at radius 2 is 2.00 bits per heavy atom. The molecule has 0 aliphatic carbocycles. The van der Waals surface area contributed by atoms with Crippen LogP contribution < -0.4 is 0 Å². The van der Waals surface area contributed by atoms with Crippen LogP contribution in [-0.2, 0) is 4.79 Å². The minimum atomic E-state index is 0.00399. The van der Waals surface area contributed by atoms with Crippen molar-refractivity contribution in [2.24, 2.45) is 0 Å². The Balaban J connectivity index is 3.98. The Morgan fingerprint density at radius 3 is 2.38 bits per heavy atom. The molecule has 78 valence electrons. The molecule has 3 heteroatoms. The SMILES string of the molecule is CCCCN(CC)C(=O)C(Br)CC. The summed E-state index contributed by atoms with van der Waals surface area (Å²) < 4.78 is 0. The highest BCUT2D eigenvalue weighted by atomic mass is 79.9. The monoisotopic (exact) mass is 249 g/mol. The molecule has 0 aliphatic rings. The molecule has 1 unspecified atom stereocenters. The number of hydrogen-bond acceptors (Lipinski definition) is 1. The molecule has 1 amide bonds. The zero-order valence-corrected chi connectivity index (χ0v) is 10.4. The van der Waals surface area contributed by atoms with E-state index in [0.29, 0.717) is 0 Å². The van der Waals surface area contributed by atoms with Crippen LogP contribution in [0.3, 0.4) is 0 Å². The van der Waals surface area contributed by atoms with E-state index in [4.69, 9.17) is 0 Å². The van der Waals surface area contributed by atoms with E-state index < -0.39 is 0 Å². The molecule has 0 heterocycles. The summed E-state index contributed by atoms with van der Waals surface area (Å²) in [5.74, 6) is 0.235. The lowest BCUT2D eigenvalue weighted by atomic mass is 10.2. The smallest absolute Gasteiger partial charge is 0.236 e. The van der Waals surface area contributed by atoms with Crippen molar-refractivity contribution >= 4 is 21.8 Å². The van der Waals surface area contributed by atoms with Gasteiger partial charge in [0.2, 0.25) is 5.91 Å². The van der Waals surface area contributed by atoms with E-state index in [1.54, 1.807) is 0 Å². The molecule has 0 fully saturated rings. The highest BCUT2D eigenvalue weighted by molar-refractivity contribution is 9.10. The van der Waals surface area contributed by atoms with Crippen LogP contribution in [0.15, 0.2) is 0 Å². The summed E-state index contributed by atoms with van der Waals surface area (Å²) in [5, 5.41) is 0. The molecule has 13 heavy (non-hydrogen) atoms. The van der Waals surface area contributed by atoms with Gasteiger partial charge in [-0.2, -0.15) is 0 Å². The van der Waals surface area contributed by atoms with Crippen LogP contribution in [-0.4, -0.2) is 28.7 Å². The first-order valence-corrected chi connectivity index (χ1v) is 6.01. The molecule has 0 bridgehead atoms. The van der Waals surface area contributed by atoms with Gasteiger partial charge < -0.3 is 4.90 Å². The lowest BCUT2D eigenvalue weighted by Gasteiger charge is -2.22. The molecule has 0 saturated carbocycles. The third kappa shape index (κ3) is 4.65. The first kappa shape index (κ1) is 12.9. The Morgan fingerprint density at radius 1 is 1.38 bits per heavy atom. The van der Waals surface area contributed by atoms with E-state index >= 15 is 0 Å². The number of amides is 1. The van der Waals surface area contributed by atoms with Crippen LogP contribution in [0.2, 0.25) is 0 Å². The van der Waals surface area contributed by atoms with Gasteiger partial charge in [-0.25, -0.2) is 0 Å². The van der Waals surface area contributed by atoms with E-state index in [-0.39, 0.29) is 10.7 Å². The first-order valence-electron chi connectivity index (χ1n) is 5.10. The summed E-state index contributed by atoms with van der Waals surface area (Å²) in [5.41, 5.74) is 0. The van der Waals surface area contributed by atoms with Crippen molar-refractivity contribution in [3.63, 3.8) is 0 Å². The predicted molar refractivity (Wildman–Crippen MR) is 60.2 cm³/mol. The fourth-order valence-electron chi connectivity index (χ4n) is 1.15. The Labute approximate surface area is 89.8 Å². The Hall–Kier alpha value is -0.0500. The topological polar surface area (TPSA) is 20.3 Å². The maximum absolute atomic E-state index is 11.7. The van der Waals surface area contributed by atoms with E-state index in [1.165, 1.54) is 0 Å². The maximum atomic E-state index is 11.7. The normalized spacial score (nSPS) is 12.6. The molecule has 0 aromatic carbocycles. The summed E-state index contributed by atoms with van der Waals surface area (Å²) in [6, 6.07) is 0. The van der Waals surface area contributed by atoms with Crippen molar-refractivity contribution in [1.29, 1.82) is 0 Å². The molecular formula is C10H20BrNO. The van der Waals surface area contributed by atoms with Crippen molar-refractivity contribution in [3.05, 3.63) is 0 Å². The molecule has 0 radical (unpaired) electrons. The highest BCUT2D eigenvalue weighted by Gasteiger charge is 2.18. The summed E-state index contributed by atoms with van der Waals surface area (Å²) in [6.45, 7) is 7.91. The average molecular weight is 250 g/mol. The third-order valence-corrected chi connectivity index (χ3v) is 3.14. The van der Waals surface area contributed by atoms with E-state index in [0.717, 1.165) is 32.4 Å². The molecule has 0 N–H and O–H groups in total. The summed E-state index contributed by atoms with van der Waals surface area (Å²) >= 11 is 3.38. The number of nitrogens with zero attached hydrogens (tertiary/aromatic N) is 1. The van der Waals surface area contributed by atoms with E-state index in [2.05, 4.69) is 22.9 Å². The molecule has 0 spiro atoms. The zero-order valence-electron chi connectivity index (χ0n) is 8.85. The molecule has 2 nitrogen and oxygen atoms in total. The van der Waals surface area contributed by atoms with Gasteiger partial charge in [0.1, 0.15) is 0 Å². The van der Waals surface area contributed by atoms with E-state index in [1.807, 2.05) is 18.7 Å². The van der Waals surface area contributed by atoms with Crippen molar-refractivity contribution in [2.75, 3.05) is 13.1 Å². The number of rotatable bonds is 6. The first-order chi connectivity index (χ1) is 6.17. The second kappa shape index (κ2) is 7.36. The minimum Gasteiger partial charge on any atom is -0.342 e.